The van der Waals surface area contributed by atoms with Crippen molar-refractivity contribution in [2.45, 2.75) is 12.5 Å². The summed E-state index contributed by atoms with van der Waals surface area (Å²) >= 11 is 0. The summed E-state index contributed by atoms with van der Waals surface area (Å²) in [6.45, 7) is 0.824. The van der Waals surface area contributed by atoms with Gasteiger partial charge in [-0.1, -0.05) is 24.3 Å². The van der Waals surface area contributed by atoms with E-state index in [-0.39, 0.29) is 5.91 Å². The molecule has 2 heterocycles. The number of aromatic nitrogens is 2. The molecule has 5 rings (SSSR count). The highest BCUT2D eigenvalue weighted by Crippen LogP contribution is 2.37. The van der Waals surface area contributed by atoms with Crippen LogP contribution < -0.4 is 5.32 Å². The smallest absolute Gasteiger partial charge is 0.238 e. The van der Waals surface area contributed by atoms with E-state index in [4.69, 9.17) is 4.99 Å². The standard InChI is InChI=1S/C26H22FN5O/c1-32(2)15-16-3-7-19(8-4-16)30-25(17-5-10-21-23(13-17)29-12-11-28-21)24-20-9-6-18(27)14-22(20)31-26(24)33/h3-14,24H,15H2,1-2H3,(H,31,33). The summed E-state index contributed by atoms with van der Waals surface area (Å²) in [6.07, 6.45) is 3.27. The molecule has 4 aromatic rings. The van der Waals surface area contributed by atoms with Gasteiger partial charge in [-0.05, 0) is 67.2 Å². The highest BCUT2D eigenvalue weighted by molar-refractivity contribution is 6.24. The summed E-state index contributed by atoms with van der Waals surface area (Å²) in [4.78, 5) is 28.8. The topological polar surface area (TPSA) is 70.5 Å². The lowest BCUT2D eigenvalue weighted by molar-refractivity contribution is -0.115. The molecule has 1 aromatic heterocycles. The van der Waals surface area contributed by atoms with Crippen LogP contribution in [0.15, 0.2) is 78.0 Å². The van der Waals surface area contributed by atoms with Crippen molar-refractivity contribution in [3.8, 4) is 0 Å². The van der Waals surface area contributed by atoms with Gasteiger partial charge >= 0.3 is 0 Å². The lowest BCUT2D eigenvalue weighted by Gasteiger charge is -2.15. The van der Waals surface area contributed by atoms with Crippen molar-refractivity contribution in [2.24, 2.45) is 4.99 Å². The van der Waals surface area contributed by atoms with Crippen LogP contribution in [-0.2, 0) is 11.3 Å². The molecule has 1 unspecified atom stereocenters. The fraction of sp³-hybridized carbons (Fsp3) is 0.154. The maximum atomic E-state index is 13.8. The Hall–Kier alpha value is -3.97. The predicted molar refractivity (Wildman–Crippen MR) is 127 cm³/mol. The van der Waals surface area contributed by atoms with Crippen LogP contribution in [0.1, 0.15) is 22.6 Å². The van der Waals surface area contributed by atoms with Crippen LogP contribution in [0.5, 0.6) is 0 Å². The van der Waals surface area contributed by atoms with Gasteiger partial charge in [0, 0.05) is 24.6 Å². The second-order valence-electron chi connectivity index (χ2n) is 8.31. The van der Waals surface area contributed by atoms with E-state index in [1.807, 2.05) is 56.6 Å². The first kappa shape index (κ1) is 20.9. The fourth-order valence-electron chi connectivity index (χ4n) is 4.10. The van der Waals surface area contributed by atoms with Gasteiger partial charge in [-0.15, -0.1) is 0 Å². The number of carbonyl (C=O) groups excluding carboxylic acids is 1. The number of halogens is 1. The third-order valence-corrected chi connectivity index (χ3v) is 5.57. The molecule has 1 amide bonds. The number of hydrogen-bond donors (Lipinski definition) is 1. The maximum absolute atomic E-state index is 13.8. The van der Waals surface area contributed by atoms with E-state index in [9.17, 15) is 9.18 Å². The number of amides is 1. The van der Waals surface area contributed by atoms with Gasteiger partial charge < -0.3 is 10.2 Å². The quantitative estimate of drug-likeness (QED) is 0.458. The first-order valence-corrected chi connectivity index (χ1v) is 10.6. The minimum Gasteiger partial charge on any atom is -0.325 e. The number of anilines is 1. The summed E-state index contributed by atoms with van der Waals surface area (Å²) < 4.78 is 13.8. The normalized spacial score (nSPS) is 15.7. The van der Waals surface area contributed by atoms with Gasteiger partial charge in [-0.2, -0.15) is 0 Å². The van der Waals surface area contributed by atoms with Crippen molar-refractivity contribution in [1.82, 2.24) is 14.9 Å². The number of benzene rings is 3. The van der Waals surface area contributed by atoms with Crippen LogP contribution in [0.4, 0.5) is 15.8 Å². The lowest BCUT2D eigenvalue weighted by Crippen LogP contribution is -2.22. The predicted octanol–water partition coefficient (Wildman–Crippen LogP) is 4.69. The molecule has 1 N–H and O–H groups in total. The van der Waals surface area contributed by atoms with Gasteiger partial charge in [-0.25, -0.2) is 4.39 Å². The van der Waals surface area contributed by atoms with Crippen LogP contribution in [0.2, 0.25) is 0 Å². The van der Waals surface area contributed by atoms with E-state index in [0.717, 1.165) is 23.3 Å². The summed E-state index contributed by atoms with van der Waals surface area (Å²) in [5.74, 6) is -1.31. The van der Waals surface area contributed by atoms with Crippen molar-refractivity contribution in [2.75, 3.05) is 19.4 Å². The number of aliphatic imine (C=N–C) groups is 1. The summed E-state index contributed by atoms with van der Waals surface area (Å²) in [6, 6.07) is 17.9. The second-order valence-corrected chi connectivity index (χ2v) is 8.31. The third-order valence-electron chi connectivity index (χ3n) is 5.57. The molecule has 3 aromatic carbocycles. The van der Waals surface area contributed by atoms with Crippen LogP contribution in [-0.4, -0.2) is 40.6 Å². The Balaban J connectivity index is 1.64. The monoisotopic (exact) mass is 439 g/mol. The van der Waals surface area contributed by atoms with E-state index in [0.29, 0.717) is 22.5 Å². The van der Waals surface area contributed by atoms with Gasteiger partial charge in [0.2, 0.25) is 5.91 Å². The molecule has 1 aliphatic heterocycles. The van der Waals surface area contributed by atoms with Gasteiger partial charge in [0.1, 0.15) is 11.7 Å². The molecule has 6 nitrogen and oxygen atoms in total. The summed E-state index contributed by atoms with van der Waals surface area (Å²) in [5, 5.41) is 2.80. The van der Waals surface area contributed by atoms with E-state index < -0.39 is 11.7 Å². The van der Waals surface area contributed by atoms with E-state index in [1.54, 1.807) is 18.5 Å². The zero-order chi connectivity index (χ0) is 22.9. The van der Waals surface area contributed by atoms with Crippen LogP contribution in [0, 0.1) is 5.82 Å². The van der Waals surface area contributed by atoms with Crippen LogP contribution >= 0.6 is 0 Å². The first-order chi connectivity index (χ1) is 16.0. The Bertz CT molecular complexity index is 1380. The molecule has 0 saturated carbocycles. The average Bonchev–Trinajstić information content (AvgIpc) is 3.12. The molecule has 1 aliphatic rings. The minimum absolute atomic E-state index is 0.238. The molecule has 0 saturated heterocycles. The van der Waals surface area contributed by atoms with E-state index in [2.05, 4.69) is 20.2 Å². The number of nitrogens with one attached hydrogen (secondary N) is 1. The van der Waals surface area contributed by atoms with Crippen LogP contribution in [0.3, 0.4) is 0 Å². The molecule has 0 spiro atoms. The molecule has 1 atom stereocenters. The van der Waals surface area contributed by atoms with E-state index >= 15 is 0 Å². The molecule has 0 bridgehead atoms. The van der Waals surface area contributed by atoms with Crippen LogP contribution in [0.25, 0.3) is 11.0 Å². The number of fused-ring (bicyclic) bond motifs is 2. The number of nitrogens with zero attached hydrogens (tertiary/aromatic N) is 4. The second kappa shape index (κ2) is 8.52. The Morgan fingerprint density at radius 1 is 1.00 bits per heavy atom. The number of carbonyl (C=O) groups is 1. The Kier molecular flexibility index (Phi) is 5.40. The van der Waals surface area contributed by atoms with Gasteiger partial charge in [-0.3, -0.25) is 19.8 Å². The summed E-state index contributed by atoms with van der Waals surface area (Å²) in [7, 11) is 4.04. The largest absolute Gasteiger partial charge is 0.325 e. The van der Waals surface area contributed by atoms with Gasteiger partial charge in [0.05, 0.1) is 22.4 Å². The number of hydrogen-bond acceptors (Lipinski definition) is 5. The average molecular weight is 439 g/mol. The molecular weight excluding hydrogens is 417 g/mol. The fourth-order valence-corrected chi connectivity index (χ4v) is 4.10. The molecule has 164 valence electrons. The molecule has 33 heavy (non-hydrogen) atoms. The Morgan fingerprint density at radius 2 is 1.76 bits per heavy atom. The molecular formula is C26H22FN5O. The highest BCUT2D eigenvalue weighted by Gasteiger charge is 2.35. The minimum atomic E-state index is -0.670. The van der Waals surface area contributed by atoms with Crippen molar-refractivity contribution in [3.63, 3.8) is 0 Å². The molecule has 0 fully saturated rings. The number of rotatable bonds is 5. The van der Waals surface area contributed by atoms with Crippen molar-refractivity contribution in [3.05, 3.63) is 95.6 Å². The zero-order valence-electron chi connectivity index (χ0n) is 18.3. The Labute approximate surface area is 190 Å². The summed E-state index contributed by atoms with van der Waals surface area (Å²) in [5.41, 5.74) is 5.87. The molecule has 0 aliphatic carbocycles. The first-order valence-electron chi connectivity index (χ1n) is 10.6. The Morgan fingerprint density at radius 3 is 2.52 bits per heavy atom. The zero-order valence-corrected chi connectivity index (χ0v) is 18.3. The molecule has 0 radical (unpaired) electrons. The third kappa shape index (κ3) is 4.23. The van der Waals surface area contributed by atoms with Crippen molar-refractivity contribution >= 4 is 34.0 Å². The highest BCUT2D eigenvalue weighted by atomic mass is 19.1. The van der Waals surface area contributed by atoms with Crippen molar-refractivity contribution in [1.29, 1.82) is 0 Å². The lowest BCUT2D eigenvalue weighted by atomic mass is 9.90. The molecule has 7 heteroatoms. The van der Waals surface area contributed by atoms with Gasteiger partial charge in [0.15, 0.2) is 0 Å². The maximum Gasteiger partial charge on any atom is 0.238 e. The van der Waals surface area contributed by atoms with Gasteiger partial charge in [0.25, 0.3) is 0 Å². The van der Waals surface area contributed by atoms with Crippen molar-refractivity contribution < 1.29 is 9.18 Å². The van der Waals surface area contributed by atoms with E-state index in [1.165, 1.54) is 17.7 Å². The SMILES string of the molecule is CN(C)Cc1ccc(N=C(c2ccc3nccnc3c2)C2C(=O)Nc3cc(F)ccc32)cc1.